The Morgan fingerprint density at radius 3 is 2.72 bits per heavy atom. The van der Waals surface area contributed by atoms with Gasteiger partial charge in [-0.25, -0.2) is 8.42 Å². The van der Waals surface area contributed by atoms with E-state index in [4.69, 9.17) is 5.73 Å². The molecule has 1 heterocycles. The first-order valence-electron chi connectivity index (χ1n) is 5.46. The predicted octanol–water partition coefficient (Wildman–Crippen LogP) is 1.61. The van der Waals surface area contributed by atoms with E-state index in [-0.39, 0.29) is 0 Å². The van der Waals surface area contributed by atoms with Crippen molar-refractivity contribution in [3.05, 3.63) is 48.3 Å². The van der Waals surface area contributed by atoms with Crippen LogP contribution in [0.5, 0.6) is 0 Å². The third-order valence-electron chi connectivity index (χ3n) is 2.70. The normalized spacial score (nSPS) is 11.4. The summed E-state index contributed by atoms with van der Waals surface area (Å²) in [7, 11) is -3.20. The van der Waals surface area contributed by atoms with Gasteiger partial charge in [0.1, 0.15) is 0 Å². The van der Waals surface area contributed by atoms with Crippen molar-refractivity contribution in [3.8, 4) is 11.1 Å². The minimum atomic E-state index is -3.20. The average Bonchev–Trinajstić information content (AvgIpc) is 2.38. The van der Waals surface area contributed by atoms with Gasteiger partial charge < -0.3 is 5.73 Å². The first kappa shape index (κ1) is 12.7. The minimum absolute atomic E-state index is 0.298. The van der Waals surface area contributed by atoms with E-state index in [1.165, 1.54) is 6.26 Å². The molecule has 0 atom stereocenters. The lowest BCUT2D eigenvalue weighted by Crippen LogP contribution is -2.01. The van der Waals surface area contributed by atoms with Gasteiger partial charge in [-0.2, -0.15) is 0 Å². The number of sulfone groups is 1. The number of hydrogen-bond acceptors (Lipinski definition) is 4. The van der Waals surface area contributed by atoms with Crippen LogP contribution >= 0.6 is 0 Å². The van der Waals surface area contributed by atoms with Gasteiger partial charge >= 0.3 is 0 Å². The van der Waals surface area contributed by atoms with E-state index < -0.39 is 9.84 Å². The standard InChI is InChI=1S/C13H14N2O2S/c1-18(16,17)12-4-2-3-10(7-12)13-9-15-6-5-11(13)8-14/h2-7,9H,8,14H2,1H3. The molecule has 0 saturated carbocycles. The molecule has 0 saturated heterocycles. The zero-order valence-corrected chi connectivity index (χ0v) is 10.8. The van der Waals surface area contributed by atoms with Crippen LogP contribution in [-0.4, -0.2) is 19.7 Å². The molecule has 18 heavy (non-hydrogen) atoms. The molecule has 0 aliphatic rings. The zero-order chi connectivity index (χ0) is 13.2. The Hall–Kier alpha value is -1.72. The summed E-state index contributed by atoms with van der Waals surface area (Å²) in [5.74, 6) is 0. The molecule has 0 fully saturated rings. The highest BCUT2D eigenvalue weighted by atomic mass is 32.2. The Bertz CT molecular complexity index is 666. The van der Waals surface area contributed by atoms with Crippen LogP contribution < -0.4 is 5.73 Å². The fourth-order valence-electron chi connectivity index (χ4n) is 1.76. The average molecular weight is 262 g/mol. The number of pyridine rings is 1. The van der Waals surface area contributed by atoms with Crippen LogP contribution in [-0.2, 0) is 16.4 Å². The fraction of sp³-hybridized carbons (Fsp3) is 0.154. The molecule has 5 heteroatoms. The fourth-order valence-corrected chi connectivity index (χ4v) is 2.42. The summed E-state index contributed by atoms with van der Waals surface area (Å²) >= 11 is 0. The van der Waals surface area contributed by atoms with Gasteiger partial charge in [-0.05, 0) is 29.3 Å². The second-order valence-electron chi connectivity index (χ2n) is 4.04. The second kappa shape index (κ2) is 4.88. The molecule has 2 rings (SSSR count). The summed E-state index contributed by atoms with van der Waals surface area (Å²) in [4.78, 5) is 4.35. The summed E-state index contributed by atoms with van der Waals surface area (Å²) in [6.45, 7) is 0.390. The summed E-state index contributed by atoms with van der Waals surface area (Å²) < 4.78 is 23.1. The van der Waals surface area contributed by atoms with Crippen LogP contribution in [0.3, 0.4) is 0 Å². The van der Waals surface area contributed by atoms with Crippen LogP contribution in [0.2, 0.25) is 0 Å². The third kappa shape index (κ3) is 2.57. The number of benzene rings is 1. The quantitative estimate of drug-likeness (QED) is 0.912. The minimum Gasteiger partial charge on any atom is -0.326 e. The monoisotopic (exact) mass is 262 g/mol. The van der Waals surface area contributed by atoms with Gasteiger partial charge in [0.2, 0.25) is 0 Å². The smallest absolute Gasteiger partial charge is 0.175 e. The predicted molar refractivity (Wildman–Crippen MR) is 70.7 cm³/mol. The highest BCUT2D eigenvalue weighted by Crippen LogP contribution is 2.24. The summed E-state index contributed by atoms with van der Waals surface area (Å²) in [5, 5.41) is 0. The van der Waals surface area contributed by atoms with E-state index in [2.05, 4.69) is 4.98 Å². The second-order valence-corrected chi connectivity index (χ2v) is 6.05. The van der Waals surface area contributed by atoms with Crippen LogP contribution in [0, 0.1) is 0 Å². The van der Waals surface area contributed by atoms with Crippen molar-refractivity contribution in [2.24, 2.45) is 5.73 Å². The maximum absolute atomic E-state index is 11.5. The third-order valence-corrected chi connectivity index (χ3v) is 3.81. The molecule has 4 nitrogen and oxygen atoms in total. The molecule has 0 unspecified atom stereocenters. The lowest BCUT2D eigenvalue weighted by molar-refractivity contribution is 0.602. The van der Waals surface area contributed by atoms with Gasteiger partial charge in [0, 0.05) is 30.8 Å². The van der Waals surface area contributed by atoms with Crippen LogP contribution in [0.15, 0.2) is 47.6 Å². The molecule has 0 radical (unpaired) electrons. The van der Waals surface area contributed by atoms with Crippen molar-refractivity contribution >= 4 is 9.84 Å². The van der Waals surface area contributed by atoms with E-state index in [9.17, 15) is 8.42 Å². The molecule has 94 valence electrons. The van der Waals surface area contributed by atoms with Gasteiger partial charge in [0.25, 0.3) is 0 Å². The molecule has 0 amide bonds. The highest BCUT2D eigenvalue weighted by molar-refractivity contribution is 7.90. The van der Waals surface area contributed by atoms with Gasteiger partial charge in [0.15, 0.2) is 9.84 Å². The molecule has 1 aromatic carbocycles. The van der Waals surface area contributed by atoms with E-state index in [1.807, 2.05) is 12.1 Å². The Kier molecular flexibility index (Phi) is 3.45. The van der Waals surface area contributed by atoms with Crippen molar-refractivity contribution in [1.29, 1.82) is 0 Å². The Morgan fingerprint density at radius 1 is 1.28 bits per heavy atom. The van der Waals surface area contributed by atoms with Crippen molar-refractivity contribution in [3.63, 3.8) is 0 Å². The van der Waals surface area contributed by atoms with Crippen molar-refractivity contribution in [1.82, 2.24) is 4.98 Å². The van der Waals surface area contributed by atoms with Gasteiger partial charge in [-0.1, -0.05) is 12.1 Å². The Morgan fingerprint density at radius 2 is 2.06 bits per heavy atom. The Labute approximate surface area is 106 Å². The molecule has 0 aliphatic heterocycles. The summed E-state index contributed by atoms with van der Waals surface area (Å²) in [5.41, 5.74) is 8.28. The van der Waals surface area contributed by atoms with Crippen molar-refractivity contribution in [2.45, 2.75) is 11.4 Å². The van der Waals surface area contributed by atoms with Crippen LogP contribution in [0.1, 0.15) is 5.56 Å². The largest absolute Gasteiger partial charge is 0.326 e. The van der Waals surface area contributed by atoms with Crippen molar-refractivity contribution in [2.75, 3.05) is 6.26 Å². The van der Waals surface area contributed by atoms with E-state index in [1.54, 1.807) is 30.6 Å². The van der Waals surface area contributed by atoms with Gasteiger partial charge in [0.05, 0.1) is 4.90 Å². The number of aromatic nitrogens is 1. The summed E-state index contributed by atoms with van der Waals surface area (Å²) in [6, 6.07) is 8.63. The molecular weight excluding hydrogens is 248 g/mol. The first-order valence-corrected chi connectivity index (χ1v) is 7.35. The zero-order valence-electron chi connectivity index (χ0n) is 10.00. The van der Waals surface area contributed by atoms with Gasteiger partial charge in [-0.15, -0.1) is 0 Å². The van der Waals surface area contributed by atoms with Gasteiger partial charge in [-0.3, -0.25) is 4.98 Å². The van der Waals surface area contributed by atoms with E-state index in [0.29, 0.717) is 11.4 Å². The van der Waals surface area contributed by atoms with Crippen LogP contribution in [0.25, 0.3) is 11.1 Å². The number of hydrogen-bond donors (Lipinski definition) is 1. The maximum Gasteiger partial charge on any atom is 0.175 e. The summed E-state index contributed by atoms with van der Waals surface area (Å²) in [6.07, 6.45) is 4.56. The SMILES string of the molecule is CS(=O)(=O)c1cccc(-c2cnccc2CN)c1. The van der Waals surface area contributed by atoms with Crippen molar-refractivity contribution < 1.29 is 8.42 Å². The molecule has 2 aromatic rings. The van der Waals surface area contributed by atoms with Crippen LogP contribution in [0.4, 0.5) is 0 Å². The number of nitrogens with two attached hydrogens (primary N) is 1. The first-order chi connectivity index (χ1) is 8.52. The molecule has 0 bridgehead atoms. The highest BCUT2D eigenvalue weighted by Gasteiger charge is 2.10. The lowest BCUT2D eigenvalue weighted by atomic mass is 10.0. The molecule has 1 aromatic heterocycles. The molecule has 0 spiro atoms. The maximum atomic E-state index is 11.5. The molecule has 2 N–H and O–H groups in total. The number of nitrogens with zero attached hydrogens (tertiary/aromatic N) is 1. The lowest BCUT2D eigenvalue weighted by Gasteiger charge is -2.08. The van der Waals surface area contributed by atoms with E-state index in [0.717, 1.165) is 16.7 Å². The number of rotatable bonds is 3. The Balaban J connectivity index is 2.58. The molecular formula is C13H14N2O2S. The molecule has 0 aliphatic carbocycles. The van der Waals surface area contributed by atoms with E-state index >= 15 is 0 Å². The topological polar surface area (TPSA) is 73.0 Å².